The molecule has 2 saturated carbocycles. The van der Waals surface area contributed by atoms with Crippen molar-refractivity contribution in [1.29, 1.82) is 0 Å². The van der Waals surface area contributed by atoms with Crippen LogP contribution < -0.4 is 10.0 Å². The standard InChI is InChI=1S/C16H24N2O2S/c1-17-21(19,20)16-9-7-14(8-10-16)18-15-4-2-3-13(11-15)12-5-6-12/h7-10,12-13,15,17-18H,2-6,11H2,1H3. The third kappa shape index (κ3) is 3.58. The summed E-state index contributed by atoms with van der Waals surface area (Å²) in [5.41, 5.74) is 1.02. The van der Waals surface area contributed by atoms with Crippen LogP contribution in [0, 0.1) is 11.8 Å². The first-order valence-corrected chi connectivity index (χ1v) is 9.37. The summed E-state index contributed by atoms with van der Waals surface area (Å²) in [7, 11) is -1.91. The number of hydrogen-bond donors (Lipinski definition) is 2. The first-order chi connectivity index (χ1) is 10.1. The van der Waals surface area contributed by atoms with E-state index in [0.717, 1.165) is 17.5 Å². The fourth-order valence-electron chi connectivity index (χ4n) is 3.44. The zero-order valence-corrected chi connectivity index (χ0v) is 13.3. The lowest BCUT2D eigenvalue weighted by Crippen LogP contribution is -2.28. The molecule has 2 aliphatic carbocycles. The monoisotopic (exact) mass is 308 g/mol. The van der Waals surface area contributed by atoms with Gasteiger partial charge in [-0.05, 0) is 68.8 Å². The predicted octanol–water partition coefficient (Wildman–Crippen LogP) is 2.98. The van der Waals surface area contributed by atoms with E-state index in [-0.39, 0.29) is 0 Å². The molecule has 0 amide bonds. The summed E-state index contributed by atoms with van der Waals surface area (Å²) < 4.78 is 25.7. The first kappa shape index (κ1) is 14.9. The summed E-state index contributed by atoms with van der Waals surface area (Å²) in [5.74, 6) is 1.89. The molecule has 1 aromatic carbocycles. The molecule has 3 rings (SSSR count). The van der Waals surface area contributed by atoms with Crippen molar-refractivity contribution in [3.8, 4) is 0 Å². The van der Waals surface area contributed by atoms with Crippen LogP contribution in [0.3, 0.4) is 0 Å². The van der Waals surface area contributed by atoms with Crippen molar-refractivity contribution in [2.75, 3.05) is 12.4 Å². The minimum atomic E-state index is -3.34. The van der Waals surface area contributed by atoms with Gasteiger partial charge in [-0.1, -0.05) is 12.8 Å². The molecule has 2 N–H and O–H groups in total. The van der Waals surface area contributed by atoms with Crippen LogP contribution in [0.25, 0.3) is 0 Å². The molecule has 0 spiro atoms. The van der Waals surface area contributed by atoms with E-state index < -0.39 is 10.0 Å². The predicted molar refractivity (Wildman–Crippen MR) is 84.8 cm³/mol. The lowest BCUT2D eigenvalue weighted by atomic mass is 9.82. The van der Waals surface area contributed by atoms with Crippen molar-refractivity contribution in [3.05, 3.63) is 24.3 Å². The second-order valence-electron chi connectivity index (χ2n) is 6.34. The van der Waals surface area contributed by atoms with E-state index in [1.807, 2.05) is 12.1 Å². The smallest absolute Gasteiger partial charge is 0.240 e. The molecule has 4 nitrogen and oxygen atoms in total. The molecule has 2 atom stereocenters. The van der Waals surface area contributed by atoms with Gasteiger partial charge in [0.05, 0.1) is 4.90 Å². The highest BCUT2D eigenvalue weighted by Gasteiger charge is 2.34. The van der Waals surface area contributed by atoms with Gasteiger partial charge in [0.1, 0.15) is 0 Å². The SMILES string of the molecule is CNS(=O)(=O)c1ccc(NC2CCCC(C3CC3)C2)cc1. The molecule has 0 aliphatic heterocycles. The summed E-state index contributed by atoms with van der Waals surface area (Å²) in [6.07, 6.45) is 8.04. The van der Waals surface area contributed by atoms with Crippen LogP contribution in [0.5, 0.6) is 0 Å². The van der Waals surface area contributed by atoms with Crippen molar-refractivity contribution in [3.63, 3.8) is 0 Å². The van der Waals surface area contributed by atoms with Crippen LogP contribution in [0.15, 0.2) is 29.2 Å². The van der Waals surface area contributed by atoms with E-state index in [1.165, 1.54) is 45.6 Å². The lowest BCUT2D eigenvalue weighted by Gasteiger charge is -2.30. The van der Waals surface area contributed by atoms with Gasteiger partial charge < -0.3 is 5.32 Å². The second-order valence-corrected chi connectivity index (χ2v) is 8.22. The number of benzene rings is 1. The molecule has 0 radical (unpaired) electrons. The van der Waals surface area contributed by atoms with Gasteiger partial charge in [-0.25, -0.2) is 13.1 Å². The van der Waals surface area contributed by atoms with Crippen LogP contribution >= 0.6 is 0 Å². The van der Waals surface area contributed by atoms with Gasteiger partial charge in [0, 0.05) is 11.7 Å². The molecule has 0 aromatic heterocycles. The third-order valence-corrected chi connectivity index (χ3v) is 6.24. The highest BCUT2D eigenvalue weighted by Crippen LogP contribution is 2.44. The molecule has 116 valence electrons. The highest BCUT2D eigenvalue weighted by molar-refractivity contribution is 7.89. The fourth-order valence-corrected chi connectivity index (χ4v) is 4.17. The Kier molecular flexibility index (Phi) is 4.22. The van der Waals surface area contributed by atoms with E-state index >= 15 is 0 Å². The molecule has 21 heavy (non-hydrogen) atoms. The lowest BCUT2D eigenvalue weighted by molar-refractivity contribution is 0.303. The Balaban J connectivity index is 1.62. The van der Waals surface area contributed by atoms with Crippen molar-refractivity contribution >= 4 is 15.7 Å². The molecule has 0 saturated heterocycles. The largest absolute Gasteiger partial charge is 0.382 e. The maximum atomic E-state index is 11.7. The molecular weight excluding hydrogens is 284 g/mol. The van der Waals surface area contributed by atoms with Gasteiger partial charge in [0.25, 0.3) is 0 Å². The van der Waals surface area contributed by atoms with Crippen molar-refractivity contribution < 1.29 is 8.42 Å². The first-order valence-electron chi connectivity index (χ1n) is 7.88. The topological polar surface area (TPSA) is 58.2 Å². The van der Waals surface area contributed by atoms with Crippen LogP contribution in [0.1, 0.15) is 38.5 Å². The van der Waals surface area contributed by atoms with Gasteiger partial charge in [0.15, 0.2) is 0 Å². The van der Waals surface area contributed by atoms with Crippen molar-refractivity contribution in [2.24, 2.45) is 11.8 Å². The second kappa shape index (κ2) is 5.97. The van der Waals surface area contributed by atoms with Gasteiger partial charge in [-0.2, -0.15) is 0 Å². The van der Waals surface area contributed by atoms with Gasteiger partial charge in [-0.15, -0.1) is 0 Å². The van der Waals surface area contributed by atoms with Crippen molar-refractivity contribution in [1.82, 2.24) is 4.72 Å². The Morgan fingerprint density at radius 3 is 2.33 bits per heavy atom. The average molecular weight is 308 g/mol. The quantitative estimate of drug-likeness (QED) is 0.879. The number of anilines is 1. The Morgan fingerprint density at radius 1 is 1.00 bits per heavy atom. The molecular formula is C16H24N2O2S. The Morgan fingerprint density at radius 2 is 1.71 bits per heavy atom. The van der Waals surface area contributed by atoms with E-state index in [4.69, 9.17) is 0 Å². The summed E-state index contributed by atoms with van der Waals surface area (Å²) >= 11 is 0. The van der Waals surface area contributed by atoms with Crippen LogP contribution in [0.4, 0.5) is 5.69 Å². The van der Waals surface area contributed by atoms with Crippen LogP contribution in [-0.4, -0.2) is 21.5 Å². The fraction of sp³-hybridized carbons (Fsp3) is 0.625. The Labute approximate surface area is 127 Å². The van der Waals surface area contributed by atoms with E-state index in [9.17, 15) is 8.42 Å². The number of nitrogens with one attached hydrogen (secondary N) is 2. The maximum Gasteiger partial charge on any atom is 0.240 e. The number of sulfonamides is 1. The third-order valence-electron chi connectivity index (χ3n) is 4.81. The average Bonchev–Trinajstić information content (AvgIpc) is 3.33. The maximum absolute atomic E-state index is 11.7. The highest BCUT2D eigenvalue weighted by atomic mass is 32.2. The van der Waals surface area contributed by atoms with Gasteiger partial charge in [0.2, 0.25) is 10.0 Å². The van der Waals surface area contributed by atoms with Crippen LogP contribution in [-0.2, 0) is 10.0 Å². The summed E-state index contributed by atoms with van der Waals surface area (Å²) in [4.78, 5) is 0.315. The zero-order valence-electron chi connectivity index (χ0n) is 12.5. The molecule has 1 aromatic rings. The molecule has 2 unspecified atom stereocenters. The van der Waals surface area contributed by atoms with Crippen LogP contribution in [0.2, 0.25) is 0 Å². The zero-order chi connectivity index (χ0) is 14.9. The molecule has 0 heterocycles. The minimum Gasteiger partial charge on any atom is -0.382 e. The molecule has 2 fully saturated rings. The Bertz CT molecular complexity index is 579. The molecule has 0 bridgehead atoms. The summed E-state index contributed by atoms with van der Waals surface area (Å²) in [6.45, 7) is 0. The van der Waals surface area contributed by atoms with Gasteiger partial charge in [-0.3, -0.25) is 0 Å². The number of hydrogen-bond acceptors (Lipinski definition) is 3. The normalized spacial score (nSPS) is 26.5. The Hall–Kier alpha value is -1.07. The van der Waals surface area contributed by atoms with Gasteiger partial charge >= 0.3 is 0 Å². The van der Waals surface area contributed by atoms with E-state index in [0.29, 0.717) is 10.9 Å². The summed E-state index contributed by atoms with van der Waals surface area (Å²) in [5, 5.41) is 3.57. The molecule has 5 heteroatoms. The molecule has 2 aliphatic rings. The van der Waals surface area contributed by atoms with E-state index in [2.05, 4.69) is 10.0 Å². The van der Waals surface area contributed by atoms with E-state index in [1.54, 1.807) is 12.1 Å². The van der Waals surface area contributed by atoms with Crippen molar-refractivity contribution in [2.45, 2.75) is 49.5 Å². The summed E-state index contributed by atoms with van der Waals surface area (Å²) in [6, 6.07) is 7.59. The number of rotatable bonds is 5. The minimum absolute atomic E-state index is 0.315.